The van der Waals surface area contributed by atoms with E-state index in [2.05, 4.69) is 12.1 Å². The van der Waals surface area contributed by atoms with Crippen molar-refractivity contribution in [3.63, 3.8) is 0 Å². The fraction of sp³-hybridized carbons (Fsp3) is 0.846. The maximum atomic E-state index is 11.5. The summed E-state index contributed by atoms with van der Waals surface area (Å²) in [6.07, 6.45) is 6.05. The fourth-order valence-electron chi connectivity index (χ4n) is 1.57. The van der Waals surface area contributed by atoms with Crippen LogP contribution in [0.4, 0.5) is 0 Å². The van der Waals surface area contributed by atoms with E-state index in [9.17, 15) is 4.79 Å². The molecule has 5 nitrogen and oxygen atoms in total. The van der Waals surface area contributed by atoms with Gasteiger partial charge in [-0.05, 0) is 11.6 Å². The first-order valence-electron chi connectivity index (χ1n) is 6.61. The topological polar surface area (TPSA) is 45.1 Å². The van der Waals surface area contributed by atoms with E-state index >= 15 is 0 Å². The van der Waals surface area contributed by atoms with E-state index in [1.807, 2.05) is 28.2 Å². The van der Waals surface area contributed by atoms with Crippen LogP contribution in [0, 0.1) is 0 Å². The van der Waals surface area contributed by atoms with Crippen LogP contribution in [-0.2, 0) is 9.63 Å². The molecule has 0 aliphatic heterocycles. The van der Waals surface area contributed by atoms with Crippen LogP contribution in [0.5, 0.6) is 0 Å². The summed E-state index contributed by atoms with van der Waals surface area (Å²) in [6, 6.07) is 0. The quantitative estimate of drug-likeness (QED) is 0.231. The molecule has 0 fully saturated rings. The molecule has 0 saturated heterocycles. The highest BCUT2D eigenvalue weighted by molar-refractivity contribution is 5.79. The van der Waals surface area contributed by atoms with Crippen molar-refractivity contribution in [1.82, 2.24) is 9.80 Å². The average molecular weight is 257 g/mol. The van der Waals surface area contributed by atoms with Crippen molar-refractivity contribution in [3.8, 4) is 0 Å². The van der Waals surface area contributed by atoms with Gasteiger partial charge in [0, 0.05) is 34.6 Å². The maximum absolute atomic E-state index is 11.5. The summed E-state index contributed by atoms with van der Waals surface area (Å²) in [7, 11) is 7.43. The fourth-order valence-corrected chi connectivity index (χ4v) is 1.57. The van der Waals surface area contributed by atoms with E-state index < -0.39 is 0 Å². The van der Waals surface area contributed by atoms with E-state index in [1.54, 1.807) is 9.80 Å². The molecule has 5 heteroatoms. The number of hydrogen-bond donors (Lipinski definition) is 0. The lowest BCUT2D eigenvalue weighted by Gasteiger charge is -2.21. The van der Waals surface area contributed by atoms with Crippen molar-refractivity contribution < 1.29 is 9.63 Å². The van der Waals surface area contributed by atoms with Gasteiger partial charge in [-0.2, -0.15) is 0 Å². The Kier molecular flexibility index (Phi) is 9.06. The van der Waals surface area contributed by atoms with Crippen LogP contribution in [0.3, 0.4) is 0 Å². The van der Waals surface area contributed by atoms with Crippen LogP contribution in [0.15, 0.2) is 5.16 Å². The predicted octanol–water partition coefficient (Wildman–Crippen LogP) is 2.28. The third-order valence-corrected chi connectivity index (χ3v) is 2.51. The molecule has 0 atom stereocenters. The standard InChI is InChI=1S/C13H27N3O2/c1-6-7-8-9-10-11-12(17)18-14-13(15(2)3)16(4)5/h6-11H2,1-5H3. The van der Waals surface area contributed by atoms with Crippen molar-refractivity contribution in [2.24, 2.45) is 5.16 Å². The number of hydrogen-bond acceptors (Lipinski definition) is 3. The van der Waals surface area contributed by atoms with Crippen molar-refractivity contribution in [1.29, 1.82) is 0 Å². The summed E-state index contributed by atoms with van der Waals surface area (Å²) in [5, 5.41) is 3.86. The summed E-state index contributed by atoms with van der Waals surface area (Å²) in [6.45, 7) is 2.17. The Labute approximate surface area is 111 Å². The molecule has 0 unspecified atom stereocenters. The van der Waals surface area contributed by atoms with E-state index in [4.69, 9.17) is 4.84 Å². The number of guanidine groups is 1. The minimum absolute atomic E-state index is 0.257. The largest absolute Gasteiger partial charge is 0.346 e. The molecule has 0 aliphatic carbocycles. The Morgan fingerprint density at radius 3 is 2.06 bits per heavy atom. The Morgan fingerprint density at radius 1 is 1.00 bits per heavy atom. The van der Waals surface area contributed by atoms with Gasteiger partial charge in [0.25, 0.3) is 0 Å². The summed E-state index contributed by atoms with van der Waals surface area (Å²) < 4.78 is 0. The lowest BCUT2D eigenvalue weighted by atomic mass is 10.1. The zero-order chi connectivity index (χ0) is 14.0. The van der Waals surface area contributed by atoms with Gasteiger partial charge < -0.3 is 14.6 Å². The molecular formula is C13H27N3O2. The van der Waals surface area contributed by atoms with Crippen molar-refractivity contribution in [2.75, 3.05) is 28.2 Å². The van der Waals surface area contributed by atoms with E-state index in [0.717, 1.165) is 12.8 Å². The van der Waals surface area contributed by atoms with Crippen LogP contribution in [0.25, 0.3) is 0 Å². The van der Waals surface area contributed by atoms with E-state index in [0.29, 0.717) is 12.4 Å². The smallest absolute Gasteiger partial charge is 0.335 e. The second kappa shape index (κ2) is 9.74. The van der Waals surface area contributed by atoms with E-state index in [-0.39, 0.29) is 5.97 Å². The van der Waals surface area contributed by atoms with Gasteiger partial charge in [-0.25, -0.2) is 4.79 Å². The first kappa shape index (κ1) is 16.7. The lowest BCUT2D eigenvalue weighted by Crippen LogP contribution is -2.35. The maximum Gasteiger partial charge on any atom is 0.335 e. The minimum Gasteiger partial charge on any atom is -0.346 e. The Bertz CT molecular complexity index is 253. The van der Waals surface area contributed by atoms with Gasteiger partial charge in [-0.3, -0.25) is 0 Å². The van der Waals surface area contributed by atoms with Gasteiger partial charge in [-0.1, -0.05) is 32.6 Å². The third kappa shape index (κ3) is 7.92. The molecule has 0 amide bonds. The highest BCUT2D eigenvalue weighted by atomic mass is 16.7. The van der Waals surface area contributed by atoms with Crippen molar-refractivity contribution in [2.45, 2.75) is 45.4 Å². The summed E-state index contributed by atoms with van der Waals surface area (Å²) >= 11 is 0. The highest BCUT2D eigenvalue weighted by Gasteiger charge is 2.08. The van der Waals surface area contributed by atoms with Crippen molar-refractivity contribution >= 4 is 11.9 Å². The number of nitrogens with zero attached hydrogens (tertiary/aromatic N) is 3. The van der Waals surface area contributed by atoms with Crippen LogP contribution < -0.4 is 0 Å². The molecule has 106 valence electrons. The molecule has 0 bridgehead atoms. The molecular weight excluding hydrogens is 230 g/mol. The monoisotopic (exact) mass is 257 g/mol. The van der Waals surface area contributed by atoms with E-state index in [1.165, 1.54) is 19.3 Å². The zero-order valence-corrected chi connectivity index (χ0v) is 12.4. The van der Waals surface area contributed by atoms with Gasteiger partial charge in [0.05, 0.1) is 0 Å². The number of carbonyl (C=O) groups excluding carboxylic acids is 1. The second-order valence-corrected chi connectivity index (χ2v) is 4.81. The molecule has 0 aromatic heterocycles. The van der Waals surface area contributed by atoms with Crippen LogP contribution in [0.1, 0.15) is 45.4 Å². The lowest BCUT2D eigenvalue weighted by molar-refractivity contribution is -0.144. The molecule has 0 aromatic rings. The van der Waals surface area contributed by atoms with Gasteiger partial charge in [0.2, 0.25) is 5.96 Å². The normalized spacial score (nSPS) is 9.83. The Morgan fingerprint density at radius 2 is 1.56 bits per heavy atom. The average Bonchev–Trinajstić information content (AvgIpc) is 2.28. The number of unbranched alkanes of at least 4 members (excludes halogenated alkanes) is 4. The minimum atomic E-state index is -0.257. The molecule has 0 N–H and O–H groups in total. The molecule has 0 heterocycles. The Balaban J connectivity index is 3.90. The van der Waals surface area contributed by atoms with Gasteiger partial charge in [-0.15, -0.1) is 0 Å². The van der Waals surface area contributed by atoms with Crippen LogP contribution >= 0.6 is 0 Å². The number of carbonyl (C=O) groups is 1. The van der Waals surface area contributed by atoms with Crippen molar-refractivity contribution in [3.05, 3.63) is 0 Å². The molecule has 18 heavy (non-hydrogen) atoms. The molecule has 0 saturated carbocycles. The zero-order valence-electron chi connectivity index (χ0n) is 12.4. The molecule has 0 radical (unpaired) electrons. The second-order valence-electron chi connectivity index (χ2n) is 4.81. The van der Waals surface area contributed by atoms with Crippen LogP contribution in [0.2, 0.25) is 0 Å². The molecule has 0 rings (SSSR count). The summed E-state index contributed by atoms with van der Waals surface area (Å²) in [5.74, 6) is 0.363. The summed E-state index contributed by atoms with van der Waals surface area (Å²) in [4.78, 5) is 20.0. The molecule has 0 spiro atoms. The SMILES string of the molecule is CCCCCCCC(=O)ON=C(N(C)C)N(C)C. The van der Waals surface area contributed by atoms with Gasteiger partial charge >= 0.3 is 5.97 Å². The third-order valence-electron chi connectivity index (χ3n) is 2.51. The Hall–Kier alpha value is -1.26. The van der Waals surface area contributed by atoms with Gasteiger partial charge in [0.15, 0.2) is 0 Å². The first-order chi connectivity index (χ1) is 8.49. The van der Waals surface area contributed by atoms with Gasteiger partial charge in [0.1, 0.15) is 0 Å². The first-order valence-corrected chi connectivity index (χ1v) is 6.61. The predicted molar refractivity (Wildman–Crippen MR) is 74.3 cm³/mol. The molecule has 0 aliphatic rings. The molecule has 0 aromatic carbocycles. The number of oxime groups is 1. The highest BCUT2D eigenvalue weighted by Crippen LogP contribution is 2.06. The van der Waals surface area contributed by atoms with Crippen LogP contribution in [-0.4, -0.2) is 49.9 Å². The number of rotatable bonds is 7. The summed E-state index contributed by atoms with van der Waals surface area (Å²) in [5.41, 5.74) is 0.